The number of likely N-dealkylation sites (tertiary alicyclic amines) is 1. The van der Waals surface area contributed by atoms with E-state index in [1.54, 1.807) is 0 Å². The predicted molar refractivity (Wildman–Crippen MR) is 128 cm³/mol. The lowest BCUT2D eigenvalue weighted by molar-refractivity contribution is -0.141. The molecular weight excluding hydrogens is 438 g/mol. The number of hydrogen-bond acceptors (Lipinski definition) is 4. The zero-order valence-electron chi connectivity index (χ0n) is 18.4. The summed E-state index contributed by atoms with van der Waals surface area (Å²) in [5.41, 5.74) is 3.01. The standard InChI is InChI=1S/C26H26ClN3O3/c27-20-9-7-18(8-10-20)24-16-22(21-5-1-2-6-23(21)28-24)26(32)30-11-3-4-19(17-30)25(31)29-12-14-33-15-13-29/h1-2,5-10,16,19H,3-4,11-15,17H2. The minimum absolute atomic E-state index is 0.0525. The van der Waals surface area contributed by atoms with Crippen LogP contribution in [0.2, 0.25) is 5.02 Å². The molecule has 0 bridgehead atoms. The highest BCUT2D eigenvalue weighted by molar-refractivity contribution is 6.30. The van der Waals surface area contributed by atoms with E-state index in [0.29, 0.717) is 50.0 Å². The molecule has 0 saturated carbocycles. The van der Waals surface area contributed by atoms with Gasteiger partial charge in [-0.2, -0.15) is 0 Å². The molecule has 6 nitrogen and oxygen atoms in total. The van der Waals surface area contributed by atoms with Crippen molar-refractivity contribution in [2.24, 2.45) is 5.92 Å². The zero-order valence-corrected chi connectivity index (χ0v) is 19.1. The number of piperidine rings is 1. The van der Waals surface area contributed by atoms with Crippen molar-refractivity contribution in [3.63, 3.8) is 0 Å². The maximum atomic E-state index is 13.7. The molecular formula is C26H26ClN3O3. The van der Waals surface area contributed by atoms with E-state index >= 15 is 0 Å². The van der Waals surface area contributed by atoms with Gasteiger partial charge in [-0.1, -0.05) is 41.9 Å². The molecule has 33 heavy (non-hydrogen) atoms. The molecule has 3 heterocycles. The molecule has 3 aromatic rings. The molecule has 2 aromatic carbocycles. The van der Waals surface area contributed by atoms with Gasteiger partial charge in [-0.3, -0.25) is 9.59 Å². The number of fused-ring (bicyclic) bond motifs is 1. The first kappa shape index (κ1) is 21.9. The topological polar surface area (TPSA) is 62.7 Å². The molecule has 170 valence electrons. The minimum Gasteiger partial charge on any atom is -0.378 e. The molecule has 1 atom stereocenters. The highest BCUT2D eigenvalue weighted by Gasteiger charge is 2.32. The number of aromatic nitrogens is 1. The predicted octanol–water partition coefficient (Wildman–Crippen LogP) is 4.27. The van der Waals surface area contributed by atoms with Crippen molar-refractivity contribution in [3.05, 3.63) is 65.2 Å². The number of para-hydroxylation sites is 1. The number of nitrogens with zero attached hydrogens (tertiary/aromatic N) is 3. The van der Waals surface area contributed by atoms with Gasteiger partial charge in [-0.05, 0) is 37.1 Å². The SMILES string of the molecule is O=C(c1cc(-c2ccc(Cl)cc2)nc2ccccc12)N1CCCC(C(=O)N2CCOCC2)C1. The summed E-state index contributed by atoms with van der Waals surface area (Å²) in [4.78, 5) is 35.3. The number of rotatable bonds is 3. The summed E-state index contributed by atoms with van der Waals surface area (Å²) in [5.74, 6) is -0.0785. The monoisotopic (exact) mass is 463 g/mol. The smallest absolute Gasteiger partial charge is 0.254 e. The van der Waals surface area contributed by atoms with Gasteiger partial charge < -0.3 is 14.5 Å². The molecule has 2 aliphatic rings. The number of halogens is 1. The molecule has 0 aliphatic carbocycles. The first-order valence-electron chi connectivity index (χ1n) is 11.4. The fourth-order valence-corrected chi connectivity index (χ4v) is 4.82. The quantitative estimate of drug-likeness (QED) is 0.582. The van der Waals surface area contributed by atoms with E-state index in [4.69, 9.17) is 21.3 Å². The van der Waals surface area contributed by atoms with Crippen LogP contribution in [0.15, 0.2) is 54.6 Å². The van der Waals surface area contributed by atoms with Gasteiger partial charge in [0.1, 0.15) is 0 Å². The number of carbonyl (C=O) groups is 2. The number of hydrogen-bond donors (Lipinski definition) is 0. The Balaban J connectivity index is 1.44. The van der Waals surface area contributed by atoms with E-state index in [0.717, 1.165) is 35.0 Å². The summed E-state index contributed by atoms with van der Waals surface area (Å²) >= 11 is 6.05. The summed E-state index contributed by atoms with van der Waals surface area (Å²) in [6.07, 6.45) is 1.63. The second-order valence-corrected chi connectivity index (χ2v) is 9.04. The fraction of sp³-hybridized carbons (Fsp3) is 0.346. The summed E-state index contributed by atoms with van der Waals surface area (Å²) < 4.78 is 5.38. The average Bonchev–Trinajstić information content (AvgIpc) is 2.88. The number of pyridine rings is 1. The summed E-state index contributed by atoms with van der Waals surface area (Å²) in [6, 6.07) is 17.0. The Morgan fingerprint density at radius 2 is 1.73 bits per heavy atom. The molecule has 1 unspecified atom stereocenters. The first-order valence-corrected chi connectivity index (χ1v) is 11.8. The Morgan fingerprint density at radius 3 is 2.52 bits per heavy atom. The minimum atomic E-state index is -0.162. The Bertz CT molecular complexity index is 1180. The van der Waals surface area contributed by atoms with Crippen LogP contribution in [-0.4, -0.2) is 66.0 Å². The number of ether oxygens (including phenoxy) is 1. The van der Waals surface area contributed by atoms with E-state index in [-0.39, 0.29) is 17.7 Å². The molecule has 7 heteroatoms. The Kier molecular flexibility index (Phi) is 6.29. The van der Waals surface area contributed by atoms with Crippen LogP contribution >= 0.6 is 11.6 Å². The number of benzene rings is 2. The summed E-state index contributed by atoms with van der Waals surface area (Å²) in [5, 5.41) is 1.47. The van der Waals surface area contributed by atoms with Gasteiger partial charge in [0.25, 0.3) is 5.91 Å². The van der Waals surface area contributed by atoms with Crippen LogP contribution in [0.4, 0.5) is 0 Å². The van der Waals surface area contributed by atoms with Crippen LogP contribution in [0.3, 0.4) is 0 Å². The number of morpholine rings is 1. The van der Waals surface area contributed by atoms with E-state index < -0.39 is 0 Å². The van der Waals surface area contributed by atoms with Crippen molar-refractivity contribution in [3.8, 4) is 11.3 Å². The number of carbonyl (C=O) groups excluding carboxylic acids is 2. The van der Waals surface area contributed by atoms with Crippen LogP contribution in [0.25, 0.3) is 22.2 Å². The van der Waals surface area contributed by atoms with Gasteiger partial charge in [0.2, 0.25) is 5.91 Å². The lowest BCUT2D eigenvalue weighted by Gasteiger charge is -2.36. The van der Waals surface area contributed by atoms with E-state index in [1.165, 1.54) is 0 Å². The third-order valence-electron chi connectivity index (χ3n) is 6.47. The second-order valence-electron chi connectivity index (χ2n) is 8.61. The Morgan fingerprint density at radius 1 is 0.970 bits per heavy atom. The average molecular weight is 464 g/mol. The third-order valence-corrected chi connectivity index (χ3v) is 6.72. The van der Waals surface area contributed by atoms with Crippen LogP contribution in [0.5, 0.6) is 0 Å². The van der Waals surface area contributed by atoms with E-state index in [9.17, 15) is 9.59 Å². The maximum Gasteiger partial charge on any atom is 0.254 e. The van der Waals surface area contributed by atoms with Crippen LogP contribution < -0.4 is 0 Å². The Hall–Kier alpha value is -2.96. The van der Waals surface area contributed by atoms with Crippen molar-refractivity contribution < 1.29 is 14.3 Å². The fourth-order valence-electron chi connectivity index (χ4n) is 4.70. The molecule has 2 fully saturated rings. The maximum absolute atomic E-state index is 13.7. The molecule has 0 radical (unpaired) electrons. The zero-order chi connectivity index (χ0) is 22.8. The normalized spacial score (nSPS) is 19.0. The molecule has 5 rings (SSSR count). The van der Waals surface area contributed by atoms with Gasteiger partial charge in [-0.25, -0.2) is 4.98 Å². The van der Waals surface area contributed by atoms with Crippen LogP contribution in [0, 0.1) is 5.92 Å². The van der Waals surface area contributed by atoms with Gasteiger partial charge in [-0.15, -0.1) is 0 Å². The van der Waals surface area contributed by atoms with Crippen molar-refractivity contribution in [1.29, 1.82) is 0 Å². The first-order chi connectivity index (χ1) is 16.1. The lowest BCUT2D eigenvalue weighted by Crippen LogP contribution is -2.49. The van der Waals surface area contributed by atoms with Crippen LogP contribution in [-0.2, 0) is 9.53 Å². The molecule has 1 aromatic heterocycles. The highest BCUT2D eigenvalue weighted by atomic mass is 35.5. The lowest BCUT2D eigenvalue weighted by atomic mass is 9.95. The van der Waals surface area contributed by atoms with Crippen LogP contribution in [0.1, 0.15) is 23.2 Å². The van der Waals surface area contributed by atoms with E-state index in [1.807, 2.05) is 64.4 Å². The third kappa shape index (κ3) is 4.59. The highest BCUT2D eigenvalue weighted by Crippen LogP contribution is 2.28. The molecule has 2 aliphatic heterocycles. The van der Waals surface area contributed by atoms with Gasteiger partial charge in [0.05, 0.1) is 35.9 Å². The van der Waals surface area contributed by atoms with Crippen molar-refractivity contribution in [1.82, 2.24) is 14.8 Å². The van der Waals surface area contributed by atoms with Crippen molar-refractivity contribution in [2.75, 3.05) is 39.4 Å². The molecule has 2 amide bonds. The van der Waals surface area contributed by atoms with Gasteiger partial charge in [0, 0.05) is 42.2 Å². The summed E-state index contributed by atoms with van der Waals surface area (Å²) in [6.45, 7) is 3.52. The Labute approximate surface area is 198 Å². The van der Waals surface area contributed by atoms with Gasteiger partial charge in [0.15, 0.2) is 0 Å². The van der Waals surface area contributed by atoms with Gasteiger partial charge >= 0.3 is 0 Å². The van der Waals surface area contributed by atoms with Crippen molar-refractivity contribution in [2.45, 2.75) is 12.8 Å². The summed E-state index contributed by atoms with van der Waals surface area (Å²) in [7, 11) is 0. The molecule has 2 saturated heterocycles. The second kappa shape index (κ2) is 9.49. The molecule has 0 spiro atoms. The van der Waals surface area contributed by atoms with Crippen molar-refractivity contribution >= 4 is 34.3 Å². The number of amides is 2. The van der Waals surface area contributed by atoms with E-state index in [2.05, 4.69) is 0 Å². The largest absolute Gasteiger partial charge is 0.378 e. The molecule has 0 N–H and O–H groups in total.